The summed E-state index contributed by atoms with van der Waals surface area (Å²) in [6, 6.07) is 2.27. The smallest absolute Gasteiger partial charge is 0.331 e. The Morgan fingerprint density at radius 1 is 1.43 bits per heavy atom. The van der Waals surface area contributed by atoms with E-state index in [1.807, 2.05) is 0 Å². The molecule has 23 heavy (non-hydrogen) atoms. The zero-order valence-corrected chi connectivity index (χ0v) is 13.9. The van der Waals surface area contributed by atoms with Gasteiger partial charge in [0.25, 0.3) is 5.91 Å². The molecule has 2 rings (SSSR count). The number of benzene rings is 1. The van der Waals surface area contributed by atoms with E-state index < -0.39 is 23.5 Å². The largest absolute Gasteiger partial charge is 0.466 e. The zero-order chi connectivity index (χ0) is 17.0. The molecule has 0 aliphatic carbocycles. The number of amides is 1. The number of hydrogen-bond donors (Lipinski definition) is 1. The maximum atomic E-state index is 13.7. The van der Waals surface area contributed by atoms with Crippen molar-refractivity contribution >= 4 is 51.0 Å². The molecule has 0 radical (unpaired) electrons. The molecule has 0 bridgehead atoms. The summed E-state index contributed by atoms with van der Waals surface area (Å²) in [6.45, 7) is 0. The van der Waals surface area contributed by atoms with E-state index >= 15 is 0 Å². The fourth-order valence-electron chi connectivity index (χ4n) is 1.43. The van der Waals surface area contributed by atoms with E-state index in [0.29, 0.717) is 0 Å². The monoisotopic (exact) mass is 403 g/mol. The Labute approximate surface area is 141 Å². The van der Waals surface area contributed by atoms with Crippen molar-refractivity contribution in [1.29, 1.82) is 0 Å². The van der Waals surface area contributed by atoms with E-state index in [1.165, 1.54) is 13.2 Å². The van der Waals surface area contributed by atoms with Crippen LogP contribution in [-0.4, -0.2) is 30.4 Å². The molecule has 0 aromatic heterocycles. The molecule has 0 atom stereocenters. The molecule has 0 unspecified atom stereocenters. The number of methoxy groups -OCH3 is 1. The topological polar surface area (TPSA) is 80.1 Å². The summed E-state index contributed by atoms with van der Waals surface area (Å²) < 4.78 is 30.9. The van der Waals surface area contributed by atoms with Gasteiger partial charge < -0.3 is 4.74 Å². The van der Waals surface area contributed by atoms with Crippen LogP contribution in [0.1, 0.15) is 5.56 Å². The summed E-state index contributed by atoms with van der Waals surface area (Å²) in [5, 5.41) is 9.81. The number of carbonyl (C=O) groups excluding carboxylic acids is 2. The highest BCUT2D eigenvalue weighted by Gasteiger charge is 2.25. The number of amidine groups is 1. The van der Waals surface area contributed by atoms with Crippen molar-refractivity contribution in [3.63, 3.8) is 0 Å². The average Bonchev–Trinajstić information content (AvgIpc) is 2.87. The third-order valence-corrected chi connectivity index (χ3v) is 4.14. The number of nitrogens with zero attached hydrogens (tertiary/aromatic N) is 2. The average molecular weight is 404 g/mol. The van der Waals surface area contributed by atoms with E-state index in [0.717, 1.165) is 30.1 Å². The zero-order valence-electron chi connectivity index (χ0n) is 11.5. The van der Waals surface area contributed by atoms with Gasteiger partial charge in [-0.25, -0.2) is 13.6 Å². The van der Waals surface area contributed by atoms with Crippen molar-refractivity contribution in [1.82, 2.24) is 5.32 Å². The number of ether oxygens (including phenoxy) is 1. The van der Waals surface area contributed by atoms with E-state index in [4.69, 9.17) is 0 Å². The maximum Gasteiger partial charge on any atom is 0.331 e. The number of rotatable bonds is 3. The van der Waals surface area contributed by atoms with Gasteiger partial charge in [-0.15, -0.1) is 5.10 Å². The number of esters is 1. The summed E-state index contributed by atoms with van der Waals surface area (Å²) >= 11 is 3.65. The number of nitrogens with one attached hydrogen (secondary N) is 1. The molecule has 1 heterocycles. The van der Waals surface area contributed by atoms with Crippen LogP contribution >= 0.6 is 27.7 Å². The Morgan fingerprint density at radius 3 is 2.87 bits per heavy atom. The number of halogens is 3. The molecule has 1 aliphatic rings. The van der Waals surface area contributed by atoms with Crippen LogP contribution in [0.5, 0.6) is 0 Å². The Kier molecular flexibility index (Phi) is 5.61. The summed E-state index contributed by atoms with van der Waals surface area (Å²) in [6.07, 6.45) is 2.09. The minimum absolute atomic E-state index is 0.0160. The second-order valence-corrected chi connectivity index (χ2v) is 5.83. The molecule has 10 heteroatoms. The standard InChI is InChI=1S/C13H8BrF2N3O3S/c1-22-9(20)4-8-12(21)18-13(23-8)19-17-5-6-2-3-7(15)10(14)11(6)16/h2-5H,1H3,(H,18,19,21)/b8-4+,17-5?. The van der Waals surface area contributed by atoms with Crippen LogP contribution in [0.15, 0.2) is 37.8 Å². The van der Waals surface area contributed by atoms with E-state index in [2.05, 4.69) is 36.2 Å². The Balaban J connectivity index is 2.13. The van der Waals surface area contributed by atoms with Gasteiger partial charge in [-0.3, -0.25) is 10.1 Å². The van der Waals surface area contributed by atoms with E-state index in [9.17, 15) is 18.4 Å². The molecule has 1 aromatic rings. The first-order valence-electron chi connectivity index (χ1n) is 5.95. The lowest BCUT2D eigenvalue weighted by Crippen LogP contribution is -2.19. The van der Waals surface area contributed by atoms with Crippen LogP contribution in [-0.2, 0) is 14.3 Å². The minimum Gasteiger partial charge on any atom is -0.466 e. The molecule has 120 valence electrons. The fourth-order valence-corrected chi connectivity index (χ4v) is 2.53. The van der Waals surface area contributed by atoms with Crippen molar-refractivity contribution < 1.29 is 23.1 Å². The van der Waals surface area contributed by atoms with Gasteiger partial charge in [0.05, 0.1) is 22.7 Å². The molecule has 1 fully saturated rings. The van der Waals surface area contributed by atoms with Crippen molar-refractivity contribution in [2.75, 3.05) is 7.11 Å². The predicted octanol–water partition coefficient (Wildman–Crippen LogP) is 2.34. The summed E-state index contributed by atoms with van der Waals surface area (Å²) in [7, 11) is 1.19. The second-order valence-electron chi connectivity index (χ2n) is 4.00. The first-order chi connectivity index (χ1) is 10.9. The highest BCUT2D eigenvalue weighted by atomic mass is 79.9. The van der Waals surface area contributed by atoms with Gasteiger partial charge in [-0.05, 0) is 39.8 Å². The van der Waals surface area contributed by atoms with E-state index in [-0.39, 0.29) is 20.1 Å². The van der Waals surface area contributed by atoms with Crippen LogP contribution in [0.25, 0.3) is 0 Å². The van der Waals surface area contributed by atoms with Crippen LogP contribution in [0.2, 0.25) is 0 Å². The Hall–Kier alpha value is -2.07. The SMILES string of the molecule is COC(=O)/C=C1/S/C(=N\N=Cc2ccc(F)c(Br)c2F)NC1=O. The van der Waals surface area contributed by atoms with Crippen LogP contribution in [0, 0.1) is 11.6 Å². The molecule has 1 aliphatic heterocycles. The lowest BCUT2D eigenvalue weighted by atomic mass is 10.2. The normalized spacial score (nSPS) is 18.0. The number of hydrogen-bond acceptors (Lipinski definition) is 6. The van der Waals surface area contributed by atoms with Gasteiger partial charge >= 0.3 is 5.97 Å². The van der Waals surface area contributed by atoms with Crippen molar-refractivity contribution in [3.8, 4) is 0 Å². The third-order valence-electron chi connectivity index (χ3n) is 2.51. The van der Waals surface area contributed by atoms with Gasteiger partial charge in [-0.2, -0.15) is 5.10 Å². The molecule has 1 amide bonds. The lowest BCUT2D eigenvalue weighted by Gasteiger charge is -1.99. The van der Waals surface area contributed by atoms with Gasteiger partial charge in [0, 0.05) is 11.6 Å². The summed E-state index contributed by atoms with van der Waals surface area (Å²) in [4.78, 5) is 22.7. The number of thioether (sulfide) groups is 1. The molecular formula is C13H8BrF2N3O3S. The van der Waals surface area contributed by atoms with E-state index in [1.54, 1.807) is 0 Å². The molecule has 1 saturated heterocycles. The van der Waals surface area contributed by atoms with Crippen LogP contribution in [0.3, 0.4) is 0 Å². The third kappa shape index (κ3) is 4.23. The molecule has 1 N–H and O–H groups in total. The van der Waals surface area contributed by atoms with Crippen LogP contribution in [0.4, 0.5) is 8.78 Å². The predicted molar refractivity (Wildman–Crippen MR) is 84.9 cm³/mol. The molecule has 6 nitrogen and oxygen atoms in total. The van der Waals surface area contributed by atoms with Gasteiger partial charge in [0.1, 0.15) is 11.6 Å². The Morgan fingerprint density at radius 2 is 2.17 bits per heavy atom. The summed E-state index contributed by atoms with van der Waals surface area (Å²) in [5.74, 6) is -2.75. The van der Waals surface area contributed by atoms with Crippen molar-refractivity contribution in [2.24, 2.45) is 10.2 Å². The van der Waals surface area contributed by atoms with Crippen molar-refractivity contribution in [2.45, 2.75) is 0 Å². The first-order valence-corrected chi connectivity index (χ1v) is 7.56. The van der Waals surface area contributed by atoms with Crippen molar-refractivity contribution in [3.05, 3.63) is 44.8 Å². The first kappa shape index (κ1) is 17.3. The second kappa shape index (κ2) is 7.47. The molecule has 1 aromatic carbocycles. The molecule has 0 saturated carbocycles. The van der Waals surface area contributed by atoms with Gasteiger partial charge in [0.2, 0.25) is 0 Å². The minimum atomic E-state index is -0.816. The van der Waals surface area contributed by atoms with Gasteiger partial charge in [0.15, 0.2) is 5.17 Å². The van der Waals surface area contributed by atoms with Gasteiger partial charge in [-0.1, -0.05) is 0 Å². The summed E-state index contributed by atoms with van der Waals surface area (Å²) in [5.41, 5.74) is 0.0160. The molecular weight excluding hydrogens is 396 g/mol. The Bertz CT molecular complexity index is 765. The quantitative estimate of drug-likeness (QED) is 0.276. The molecule has 0 spiro atoms. The fraction of sp³-hybridized carbons (Fsp3) is 0.0769. The highest BCUT2D eigenvalue weighted by molar-refractivity contribution is 9.10. The highest BCUT2D eigenvalue weighted by Crippen LogP contribution is 2.24. The lowest BCUT2D eigenvalue weighted by molar-refractivity contribution is -0.135. The maximum absolute atomic E-state index is 13.7. The van der Waals surface area contributed by atoms with Crippen LogP contribution < -0.4 is 5.32 Å². The number of carbonyl (C=O) groups is 2.